The Balaban J connectivity index is 1.25. The van der Waals surface area contributed by atoms with Crippen molar-refractivity contribution in [1.29, 1.82) is 0 Å². The molecule has 0 aromatic heterocycles. The Morgan fingerprint density at radius 2 is 1.95 bits per heavy atom. The highest BCUT2D eigenvalue weighted by atomic mass is 19.1. The summed E-state index contributed by atoms with van der Waals surface area (Å²) in [6.07, 6.45) is 3.84. The number of hydrogen-bond acceptors (Lipinski definition) is 6. The molecule has 4 aliphatic rings. The average molecular weight is 545 g/mol. The summed E-state index contributed by atoms with van der Waals surface area (Å²) in [7, 11) is 0. The lowest BCUT2D eigenvalue weighted by atomic mass is 9.88. The first-order chi connectivity index (χ1) is 18.5. The highest BCUT2D eigenvalue weighted by molar-refractivity contribution is 5.91. The second-order valence-corrected chi connectivity index (χ2v) is 12.6. The van der Waals surface area contributed by atoms with Crippen LogP contribution in [0.25, 0.3) is 0 Å². The highest BCUT2D eigenvalue weighted by Gasteiger charge is 2.52. The number of carbonyl (C=O) groups excluding carboxylic acids is 3. The molecule has 10 heteroatoms. The van der Waals surface area contributed by atoms with Crippen LogP contribution in [-0.4, -0.2) is 83.8 Å². The molecule has 3 heterocycles. The molecule has 214 valence electrons. The van der Waals surface area contributed by atoms with E-state index in [1.807, 2.05) is 6.07 Å². The van der Waals surface area contributed by atoms with E-state index in [0.717, 1.165) is 64.0 Å². The van der Waals surface area contributed by atoms with Crippen LogP contribution in [-0.2, 0) is 25.5 Å². The first-order valence-corrected chi connectivity index (χ1v) is 14.2. The topological polar surface area (TPSA) is 114 Å². The van der Waals surface area contributed by atoms with E-state index >= 15 is 4.39 Å². The van der Waals surface area contributed by atoms with Crippen LogP contribution in [0.15, 0.2) is 18.2 Å². The largest absolute Gasteiger partial charge is 0.444 e. The third-order valence-electron chi connectivity index (χ3n) is 8.68. The lowest BCUT2D eigenvalue weighted by molar-refractivity contribution is -0.132. The molecule has 0 radical (unpaired) electrons. The van der Waals surface area contributed by atoms with Gasteiger partial charge in [-0.15, -0.1) is 0 Å². The summed E-state index contributed by atoms with van der Waals surface area (Å²) in [4.78, 5) is 42.6. The van der Waals surface area contributed by atoms with E-state index < -0.39 is 41.4 Å². The molecule has 0 spiro atoms. The summed E-state index contributed by atoms with van der Waals surface area (Å²) in [6.45, 7) is 8.79. The van der Waals surface area contributed by atoms with Gasteiger partial charge >= 0.3 is 6.09 Å². The molecule has 5 rings (SSSR count). The van der Waals surface area contributed by atoms with Crippen molar-refractivity contribution >= 4 is 17.9 Å². The van der Waals surface area contributed by atoms with Crippen molar-refractivity contribution in [2.45, 2.75) is 95.0 Å². The van der Waals surface area contributed by atoms with Gasteiger partial charge in [0, 0.05) is 19.0 Å². The summed E-state index contributed by atoms with van der Waals surface area (Å²) < 4.78 is 26.2. The third-order valence-corrected chi connectivity index (χ3v) is 8.68. The number of hydrogen-bond donors (Lipinski definition) is 2. The fourth-order valence-corrected chi connectivity index (χ4v) is 6.63. The van der Waals surface area contributed by atoms with Crippen molar-refractivity contribution < 1.29 is 28.2 Å². The summed E-state index contributed by atoms with van der Waals surface area (Å²) in [5.41, 5.74) is 6.21. The molecule has 3 aliphatic heterocycles. The minimum atomic E-state index is -1.10. The molecule has 1 aromatic carbocycles. The number of carbonyl (C=O) groups is 3. The Hall–Kier alpha value is -2.72. The number of fused-ring (bicyclic) bond motifs is 2. The minimum Gasteiger partial charge on any atom is -0.444 e. The predicted molar refractivity (Wildman–Crippen MR) is 142 cm³/mol. The molecular formula is C29H41FN4O5. The number of nitrogens with two attached hydrogens (primary N) is 1. The Bertz CT molecular complexity index is 1100. The fourth-order valence-electron chi connectivity index (χ4n) is 6.63. The Labute approximate surface area is 229 Å². The molecule has 1 saturated carbocycles. The van der Waals surface area contributed by atoms with Crippen LogP contribution in [0, 0.1) is 11.7 Å². The number of amides is 3. The van der Waals surface area contributed by atoms with Crippen LogP contribution in [0.4, 0.5) is 9.18 Å². The van der Waals surface area contributed by atoms with Crippen LogP contribution in [0.3, 0.4) is 0 Å². The van der Waals surface area contributed by atoms with E-state index in [9.17, 15) is 14.4 Å². The van der Waals surface area contributed by atoms with Crippen molar-refractivity contribution in [2.24, 2.45) is 11.7 Å². The Morgan fingerprint density at radius 1 is 1.18 bits per heavy atom. The van der Waals surface area contributed by atoms with E-state index in [0.29, 0.717) is 11.6 Å². The van der Waals surface area contributed by atoms with E-state index in [1.165, 1.54) is 4.90 Å². The monoisotopic (exact) mass is 544 g/mol. The smallest absolute Gasteiger partial charge is 0.411 e. The Morgan fingerprint density at radius 3 is 2.59 bits per heavy atom. The normalized spacial score (nSPS) is 28.2. The number of piperidine rings is 2. The quantitative estimate of drug-likeness (QED) is 0.546. The molecule has 1 aliphatic carbocycles. The number of rotatable bonds is 7. The third kappa shape index (κ3) is 6.06. The van der Waals surface area contributed by atoms with Crippen LogP contribution >= 0.6 is 0 Å². The van der Waals surface area contributed by atoms with E-state index in [2.05, 4.69) is 10.2 Å². The SMILES string of the molecule is CC(C)(C)OC(=O)N1[C@@H]2CC[C@@H](C2)[C@H]1C(=O)N[C@@H](Cc1ccc(C2CCCN(C3COC3)C2)cc1F)C(N)=O. The van der Waals surface area contributed by atoms with Gasteiger partial charge in [-0.25, -0.2) is 9.18 Å². The number of nitrogens with zero attached hydrogens (tertiary/aromatic N) is 2. The van der Waals surface area contributed by atoms with Crippen molar-refractivity contribution in [1.82, 2.24) is 15.1 Å². The molecule has 3 N–H and O–H groups in total. The van der Waals surface area contributed by atoms with Crippen LogP contribution in [0.5, 0.6) is 0 Å². The Kier molecular flexibility index (Phi) is 7.88. The number of ether oxygens (including phenoxy) is 2. The first-order valence-electron chi connectivity index (χ1n) is 14.2. The van der Waals surface area contributed by atoms with E-state index in [4.69, 9.17) is 15.2 Å². The molecule has 9 nitrogen and oxygen atoms in total. The maximum atomic E-state index is 15.3. The maximum Gasteiger partial charge on any atom is 0.411 e. The molecule has 1 aromatic rings. The predicted octanol–water partition coefficient (Wildman–Crippen LogP) is 2.70. The van der Waals surface area contributed by atoms with Gasteiger partial charge in [-0.2, -0.15) is 0 Å². The standard InChI is InChI=1S/C29H41FN4O5/c1-29(2,3)39-28(37)34-21-9-8-19(11-21)25(34)27(36)32-24(26(31)35)13-18-7-6-17(12-23(18)30)20-5-4-10-33(14-20)22-15-38-16-22/h6-7,12,19-22,24-25H,4-5,8-11,13-16H2,1-3H3,(H2,31,35)(H,32,36)/t19-,20?,21+,24-,25-/m0/s1. The van der Waals surface area contributed by atoms with Gasteiger partial charge in [0.2, 0.25) is 11.8 Å². The maximum absolute atomic E-state index is 15.3. The summed E-state index contributed by atoms with van der Waals surface area (Å²) in [5, 5.41) is 2.73. The molecule has 3 amide bonds. The second kappa shape index (κ2) is 11.0. The average Bonchev–Trinajstić information content (AvgIpc) is 3.44. The van der Waals surface area contributed by atoms with Gasteiger partial charge in [0.1, 0.15) is 23.5 Å². The van der Waals surface area contributed by atoms with Gasteiger partial charge in [0.25, 0.3) is 0 Å². The number of likely N-dealkylation sites (tertiary alicyclic amines) is 2. The first kappa shape index (κ1) is 27.8. The van der Waals surface area contributed by atoms with Crippen LogP contribution in [0.2, 0.25) is 0 Å². The lowest BCUT2D eigenvalue weighted by Crippen LogP contribution is -2.57. The molecule has 2 bridgehead atoms. The van der Waals surface area contributed by atoms with Crippen molar-refractivity contribution in [3.05, 3.63) is 35.1 Å². The molecule has 1 unspecified atom stereocenters. The van der Waals surface area contributed by atoms with Gasteiger partial charge in [-0.1, -0.05) is 12.1 Å². The van der Waals surface area contributed by atoms with Crippen LogP contribution < -0.4 is 11.1 Å². The minimum absolute atomic E-state index is 0.00591. The number of benzene rings is 1. The van der Waals surface area contributed by atoms with Crippen molar-refractivity contribution in [3.63, 3.8) is 0 Å². The van der Waals surface area contributed by atoms with Gasteiger partial charge in [0.15, 0.2) is 0 Å². The summed E-state index contributed by atoms with van der Waals surface area (Å²) >= 11 is 0. The van der Waals surface area contributed by atoms with Gasteiger partial charge in [-0.05, 0) is 88.4 Å². The van der Waals surface area contributed by atoms with Gasteiger partial charge in [-0.3, -0.25) is 19.4 Å². The highest BCUT2D eigenvalue weighted by Crippen LogP contribution is 2.43. The number of halogens is 1. The van der Waals surface area contributed by atoms with Crippen molar-refractivity contribution in [2.75, 3.05) is 26.3 Å². The summed E-state index contributed by atoms with van der Waals surface area (Å²) in [6, 6.07) is 3.74. The molecule has 4 fully saturated rings. The van der Waals surface area contributed by atoms with E-state index in [1.54, 1.807) is 32.9 Å². The molecule has 39 heavy (non-hydrogen) atoms. The van der Waals surface area contributed by atoms with Gasteiger partial charge in [0.05, 0.1) is 19.3 Å². The zero-order chi connectivity index (χ0) is 27.9. The summed E-state index contributed by atoms with van der Waals surface area (Å²) in [5.74, 6) is -1.37. The van der Waals surface area contributed by atoms with Crippen molar-refractivity contribution in [3.8, 4) is 0 Å². The zero-order valence-corrected chi connectivity index (χ0v) is 23.2. The second-order valence-electron chi connectivity index (χ2n) is 12.6. The zero-order valence-electron chi connectivity index (χ0n) is 23.2. The van der Waals surface area contributed by atoms with Crippen LogP contribution in [0.1, 0.15) is 69.9 Å². The van der Waals surface area contributed by atoms with E-state index in [-0.39, 0.29) is 24.3 Å². The lowest BCUT2D eigenvalue weighted by Gasteiger charge is -2.42. The number of primary amides is 1. The fraction of sp³-hybridized carbons (Fsp3) is 0.690. The molecule has 5 atom stereocenters. The van der Waals surface area contributed by atoms with Gasteiger partial charge < -0.3 is 20.5 Å². The molecular weight excluding hydrogens is 503 g/mol. The number of nitrogens with one attached hydrogen (secondary N) is 1. The molecule has 3 saturated heterocycles.